The number of nitrogens with zero attached hydrogens (tertiary/aromatic N) is 4. The largest absolute Gasteiger partial charge is 0.496 e. The molecule has 0 saturated carbocycles. The van der Waals surface area contributed by atoms with Gasteiger partial charge in [0, 0.05) is 45.2 Å². The van der Waals surface area contributed by atoms with E-state index in [1.54, 1.807) is 46.2 Å². The second-order valence-electron chi connectivity index (χ2n) is 8.27. The molecule has 0 bridgehead atoms. The van der Waals surface area contributed by atoms with Crippen molar-refractivity contribution >= 4 is 34.9 Å². The summed E-state index contributed by atoms with van der Waals surface area (Å²) in [5.74, 6) is 0.834. The molecule has 1 saturated heterocycles. The van der Waals surface area contributed by atoms with Crippen LogP contribution in [0.5, 0.6) is 5.75 Å². The topological polar surface area (TPSA) is 96.8 Å². The highest BCUT2D eigenvalue weighted by atomic mass is 16.5. The summed E-state index contributed by atoms with van der Waals surface area (Å²) < 4.78 is 7.28. The Morgan fingerprint density at radius 3 is 2.68 bits per heavy atom. The third-order valence-corrected chi connectivity index (χ3v) is 6.19. The lowest BCUT2D eigenvalue weighted by atomic mass is 10.1. The zero-order valence-corrected chi connectivity index (χ0v) is 19.7. The van der Waals surface area contributed by atoms with Crippen molar-refractivity contribution in [3.8, 4) is 5.75 Å². The zero-order valence-electron chi connectivity index (χ0n) is 19.7. The molecule has 9 heteroatoms. The van der Waals surface area contributed by atoms with Crippen molar-refractivity contribution in [2.75, 3.05) is 38.6 Å². The molecule has 1 aliphatic rings. The summed E-state index contributed by atoms with van der Waals surface area (Å²) in [6.45, 7) is 4.16. The normalized spacial score (nSPS) is 14.1. The van der Waals surface area contributed by atoms with Crippen LogP contribution in [0.3, 0.4) is 0 Å². The summed E-state index contributed by atoms with van der Waals surface area (Å²) >= 11 is 0. The number of aryl methyl sites for hydroxylation is 2. The fraction of sp³-hybridized carbons (Fsp3) is 0.360. The number of hydrogen-bond donors (Lipinski definition) is 1. The Kier molecular flexibility index (Phi) is 6.81. The number of fused-ring (bicyclic) bond motifs is 1. The number of anilines is 1. The standard InChI is InChI=1S/C25H29N5O4/c1-4-22-26-19-14-17(25(33)30-11-7-10-29(16-31)12-13-30)15-20(23(19)28(22)2)27-24(32)18-8-5-6-9-21(18)34-3/h5-6,8-9,14-16H,4,7,10-13H2,1-3H3,(H,27,32). The van der Waals surface area contributed by atoms with E-state index in [0.717, 1.165) is 17.8 Å². The summed E-state index contributed by atoms with van der Waals surface area (Å²) in [4.78, 5) is 45.9. The molecule has 0 aliphatic carbocycles. The van der Waals surface area contributed by atoms with Gasteiger partial charge in [-0.25, -0.2) is 4.98 Å². The van der Waals surface area contributed by atoms with Gasteiger partial charge in [0.1, 0.15) is 11.6 Å². The summed E-state index contributed by atoms with van der Waals surface area (Å²) in [5, 5.41) is 2.98. The molecule has 0 atom stereocenters. The highest BCUT2D eigenvalue weighted by molar-refractivity contribution is 6.11. The number of para-hydroxylation sites is 1. The van der Waals surface area contributed by atoms with Crippen LogP contribution in [0.1, 0.15) is 39.9 Å². The predicted molar refractivity (Wildman–Crippen MR) is 129 cm³/mol. The minimum absolute atomic E-state index is 0.147. The minimum Gasteiger partial charge on any atom is -0.496 e. The van der Waals surface area contributed by atoms with Crippen LogP contribution in [-0.4, -0.2) is 70.9 Å². The molecule has 4 rings (SSSR count). The highest BCUT2D eigenvalue weighted by Crippen LogP contribution is 2.29. The van der Waals surface area contributed by atoms with Crippen LogP contribution in [-0.2, 0) is 18.3 Å². The van der Waals surface area contributed by atoms with Gasteiger partial charge in [-0.15, -0.1) is 0 Å². The first-order chi connectivity index (χ1) is 16.5. The molecule has 2 heterocycles. The summed E-state index contributed by atoms with van der Waals surface area (Å²) in [6, 6.07) is 10.5. The van der Waals surface area contributed by atoms with Crippen molar-refractivity contribution < 1.29 is 19.1 Å². The fourth-order valence-electron chi connectivity index (χ4n) is 4.39. The average Bonchev–Trinajstić information content (AvgIpc) is 3.02. The van der Waals surface area contributed by atoms with E-state index in [2.05, 4.69) is 5.32 Å². The first kappa shape index (κ1) is 23.3. The molecule has 1 aliphatic heterocycles. The van der Waals surface area contributed by atoms with Crippen molar-refractivity contribution in [3.05, 3.63) is 53.3 Å². The number of carbonyl (C=O) groups excluding carboxylic acids is 3. The van der Waals surface area contributed by atoms with Crippen LogP contribution in [0.4, 0.5) is 5.69 Å². The van der Waals surface area contributed by atoms with Crippen LogP contribution in [0.25, 0.3) is 11.0 Å². The van der Waals surface area contributed by atoms with Crippen molar-refractivity contribution in [1.29, 1.82) is 0 Å². The number of hydrogen-bond acceptors (Lipinski definition) is 5. The number of amides is 3. The Bertz CT molecular complexity index is 1240. The van der Waals surface area contributed by atoms with Gasteiger partial charge in [0.2, 0.25) is 6.41 Å². The SMILES string of the molecule is CCc1nc2cc(C(=O)N3CCCN(C=O)CC3)cc(NC(=O)c3ccccc3OC)c2n1C. The molecular formula is C25H29N5O4. The molecule has 0 radical (unpaired) electrons. The number of methoxy groups -OCH3 is 1. The average molecular weight is 464 g/mol. The van der Waals surface area contributed by atoms with Gasteiger partial charge in [0.25, 0.3) is 11.8 Å². The molecule has 1 aromatic heterocycles. The molecule has 3 amide bonds. The van der Waals surface area contributed by atoms with Crippen LogP contribution >= 0.6 is 0 Å². The summed E-state index contributed by atoms with van der Waals surface area (Å²) in [7, 11) is 3.42. The van der Waals surface area contributed by atoms with E-state index < -0.39 is 0 Å². The smallest absolute Gasteiger partial charge is 0.259 e. The number of nitrogens with one attached hydrogen (secondary N) is 1. The highest BCUT2D eigenvalue weighted by Gasteiger charge is 2.23. The third kappa shape index (κ3) is 4.46. The summed E-state index contributed by atoms with van der Waals surface area (Å²) in [5.41, 5.74) is 2.75. The molecule has 178 valence electrons. The summed E-state index contributed by atoms with van der Waals surface area (Å²) in [6.07, 6.45) is 2.25. The van der Waals surface area contributed by atoms with Gasteiger partial charge in [-0.2, -0.15) is 0 Å². The molecule has 1 N–H and O–H groups in total. The van der Waals surface area contributed by atoms with Crippen molar-refractivity contribution in [2.24, 2.45) is 7.05 Å². The van der Waals surface area contributed by atoms with Crippen molar-refractivity contribution in [1.82, 2.24) is 19.4 Å². The molecule has 2 aromatic carbocycles. The second kappa shape index (κ2) is 9.94. The number of rotatable bonds is 6. The van der Waals surface area contributed by atoms with E-state index in [4.69, 9.17) is 9.72 Å². The van der Waals surface area contributed by atoms with E-state index in [-0.39, 0.29) is 11.8 Å². The van der Waals surface area contributed by atoms with E-state index in [1.165, 1.54) is 7.11 Å². The lowest BCUT2D eigenvalue weighted by molar-refractivity contribution is -0.118. The molecule has 0 spiro atoms. The fourth-order valence-corrected chi connectivity index (χ4v) is 4.39. The maximum absolute atomic E-state index is 13.4. The van der Waals surface area contributed by atoms with Gasteiger partial charge in [0.15, 0.2) is 0 Å². The molecule has 0 unspecified atom stereocenters. The van der Waals surface area contributed by atoms with E-state index >= 15 is 0 Å². The number of aromatic nitrogens is 2. The third-order valence-electron chi connectivity index (χ3n) is 6.19. The van der Waals surface area contributed by atoms with Gasteiger partial charge in [-0.05, 0) is 30.7 Å². The first-order valence-electron chi connectivity index (χ1n) is 11.4. The molecule has 34 heavy (non-hydrogen) atoms. The number of imidazole rings is 1. The van der Waals surface area contributed by atoms with Crippen LogP contribution in [0.2, 0.25) is 0 Å². The Morgan fingerprint density at radius 1 is 1.15 bits per heavy atom. The Labute approximate surface area is 198 Å². The maximum atomic E-state index is 13.4. The van der Waals surface area contributed by atoms with E-state index in [1.807, 2.05) is 18.5 Å². The van der Waals surface area contributed by atoms with Crippen molar-refractivity contribution in [2.45, 2.75) is 19.8 Å². The molecule has 1 fully saturated rings. The molecule has 3 aromatic rings. The molecular weight excluding hydrogens is 434 g/mol. The Balaban J connectivity index is 1.73. The van der Waals surface area contributed by atoms with Gasteiger partial charge in [-0.1, -0.05) is 19.1 Å². The Hall–Kier alpha value is -3.88. The maximum Gasteiger partial charge on any atom is 0.259 e. The van der Waals surface area contributed by atoms with Crippen LogP contribution in [0.15, 0.2) is 36.4 Å². The number of ether oxygens (including phenoxy) is 1. The quantitative estimate of drug-likeness (QED) is 0.567. The van der Waals surface area contributed by atoms with Gasteiger partial charge >= 0.3 is 0 Å². The zero-order chi connectivity index (χ0) is 24.2. The van der Waals surface area contributed by atoms with Crippen molar-refractivity contribution in [3.63, 3.8) is 0 Å². The number of benzene rings is 2. The molecule has 9 nitrogen and oxygen atoms in total. The predicted octanol–water partition coefficient (Wildman–Crippen LogP) is 2.70. The van der Waals surface area contributed by atoms with Gasteiger partial charge in [-0.3, -0.25) is 14.4 Å². The van der Waals surface area contributed by atoms with E-state index in [9.17, 15) is 14.4 Å². The van der Waals surface area contributed by atoms with Crippen LogP contribution < -0.4 is 10.1 Å². The second-order valence-corrected chi connectivity index (χ2v) is 8.27. The first-order valence-corrected chi connectivity index (χ1v) is 11.4. The minimum atomic E-state index is -0.334. The van der Waals surface area contributed by atoms with E-state index in [0.29, 0.717) is 67.1 Å². The Morgan fingerprint density at radius 2 is 1.94 bits per heavy atom. The lowest BCUT2D eigenvalue weighted by Crippen LogP contribution is -2.35. The monoisotopic (exact) mass is 463 g/mol. The number of carbonyl (C=O) groups is 3. The van der Waals surface area contributed by atoms with Gasteiger partial charge < -0.3 is 24.4 Å². The van der Waals surface area contributed by atoms with Gasteiger partial charge in [0.05, 0.1) is 29.4 Å². The lowest BCUT2D eigenvalue weighted by Gasteiger charge is -2.21. The van der Waals surface area contributed by atoms with Crippen LogP contribution in [0, 0.1) is 0 Å².